The van der Waals surface area contributed by atoms with E-state index in [1.54, 1.807) is 6.08 Å². The van der Waals surface area contributed by atoms with E-state index >= 15 is 0 Å². The summed E-state index contributed by atoms with van der Waals surface area (Å²) in [7, 11) is 0. The molecule has 3 N–H and O–H groups in total. The first-order valence-corrected chi connectivity index (χ1v) is 26.2. The zero-order valence-corrected chi connectivity index (χ0v) is 40.0. The van der Waals surface area contributed by atoms with Gasteiger partial charge in [0.1, 0.15) is 0 Å². The number of hydrogen-bond acceptors (Lipinski definition) is 3. The Morgan fingerprint density at radius 1 is 0.417 bits per heavy atom. The topological polar surface area (TPSA) is 69.6 Å². The van der Waals surface area contributed by atoms with Gasteiger partial charge in [-0.3, -0.25) is 4.79 Å². The predicted molar refractivity (Wildman–Crippen MR) is 267 cm³/mol. The third kappa shape index (κ3) is 46.9. The van der Waals surface area contributed by atoms with Crippen LogP contribution < -0.4 is 5.32 Å². The first-order valence-electron chi connectivity index (χ1n) is 26.2. The van der Waals surface area contributed by atoms with Gasteiger partial charge in [0, 0.05) is 6.42 Å². The highest BCUT2D eigenvalue weighted by atomic mass is 16.3. The molecule has 1 amide bonds. The fourth-order valence-corrected chi connectivity index (χ4v) is 7.72. The lowest BCUT2D eigenvalue weighted by Crippen LogP contribution is -2.45. The maximum absolute atomic E-state index is 12.4. The molecular weight excluding hydrogens is 735 g/mol. The number of amides is 1. The van der Waals surface area contributed by atoms with E-state index in [9.17, 15) is 15.0 Å². The van der Waals surface area contributed by atoms with E-state index < -0.39 is 12.1 Å². The summed E-state index contributed by atoms with van der Waals surface area (Å²) in [5.41, 5.74) is 0. The van der Waals surface area contributed by atoms with E-state index in [1.165, 1.54) is 180 Å². The van der Waals surface area contributed by atoms with Crippen LogP contribution in [0.4, 0.5) is 0 Å². The molecule has 4 nitrogen and oxygen atoms in total. The number of carbonyl (C=O) groups excluding carboxylic acids is 1. The van der Waals surface area contributed by atoms with Gasteiger partial charge in [0.25, 0.3) is 0 Å². The van der Waals surface area contributed by atoms with Crippen molar-refractivity contribution in [1.29, 1.82) is 0 Å². The Morgan fingerprint density at radius 3 is 1.17 bits per heavy atom. The minimum Gasteiger partial charge on any atom is -0.394 e. The van der Waals surface area contributed by atoms with Gasteiger partial charge in [-0.2, -0.15) is 0 Å². The molecule has 0 aliphatic heterocycles. The van der Waals surface area contributed by atoms with E-state index in [0.717, 1.165) is 57.8 Å². The first kappa shape index (κ1) is 57.8. The molecule has 60 heavy (non-hydrogen) atoms. The number of hydrogen-bond donors (Lipinski definition) is 3. The molecule has 0 bridgehead atoms. The Kier molecular flexibility index (Phi) is 49.3. The summed E-state index contributed by atoms with van der Waals surface area (Å²) in [6, 6.07) is -0.641. The highest BCUT2D eigenvalue weighted by Crippen LogP contribution is 2.16. The van der Waals surface area contributed by atoms with Crippen LogP contribution in [0, 0.1) is 0 Å². The van der Waals surface area contributed by atoms with Crippen molar-refractivity contribution >= 4 is 5.91 Å². The maximum atomic E-state index is 12.4. The van der Waals surface area contributed by atoms with E-state index in [-0.39, 0.29) is 12.5 Å². The standard InChI is InChI=1S/C56H101NO3/c1-3-5-7-9-11-13-15-17-19-21-23-24-25-26-27-28-29-30-31-32-34-36-38-40-42-44-46-48-50-52-56(60)57-54(53-58)55(59)51-49-47-45-43-41-39-37-35-33-22-20-18-16-14-12-10-8-6-4-2/h5,7,11,13,17,19,23-24,41,43,49,51,54-55,58-59H,3-4,6,8-10,12,14-16,18,20-22,25-40,42,44-48,50,52-53H2,1-2H3,(H,57,60)/b7-5-,13-11-,19-17-,24-23-,43-41+,51-49+. The largest absolute Gasteiger partial charge is 0.394 e. The highest BCUT2D eigenvalue weighted by molar-refractivity contribution is 5.76. The minimum atomic E-state index is -0.864. The van der Waals surface area contributed by atoms with Crippen LogP contribution in [-0.2, 0) is 4.79 Å². The third-order valence-electron chi connectivity index (χ3n) is 11.7. The van der Waals surface area contributed by atoms with Gasteiger partial charge in [-0.25, -0.2) is 0 Å². The fraction of sp³-hybridized carbons (Fsp3) is 0.768. The summed E-state index contributed by atoms with van der Waals surface area (Å²) >= 11 is 0. The molecule has 4 heteroatoms. The average molecular weight is 836 g/mol. The van der Waals surface area contributed by atoms with Crippen molar-refractivity contribution in [3.8, 4) is 0 Å². The molecule has 0 aliphatic rings. The molecule has 0 saturated heterocycles. The third-order valence-corrected chi connectivity index (χ3v) is 11.7. The van der Waals surface area contributed by atoms with Gasteiger partial charge in [-0.15, -0.1) is 0 Å². The maximum Gasteiger partial charge on any atom is 0.220 e. The first-order chi connectivity index (χ1) is 29.7. The Balaban J connectivity index is 3.54. The van der Waals surface area contributed by atoms with Gasteiger partial charge in [0.2, 0.25) is 5.91 Å². The van der Waals surface area contributed by atoms with Crippen LogP contribution in [0.25, 0.3) is 0 Å². The second-order valence-corrected chi connectivity index (χ2v) is 17.6. The lowest BCUT2D eigenvalue weighted by atomic mass is 10.0. The molecule has 348 valence electrons. The van der Waals surface area contributed by atoms with Crippen molar-refractivity contribution in [2.75, 3.05) is 6.61 Å². The summed E-state index contributed by atoms with van der Waals surface area (Å²) < 4.78 is 0. The molecule has 0 saturated carbocycles. The van der Waals surface area contributed by atoms with Crippen molar-refractivity contribution in [3.05, 3.63) is 72.9 Å². The summed E-state index contributed by atoms with van der Waals surface area (Å²) in [5, 5.41) is 23.1. The Hall–Kier alpha value is -2.17. The SMILES string of the molecule is CC/C=C\C/C=C\C/C=C\C/C=C\CCCCCCCCCCCCCCCCCCC(=O)NC(CO)C(O)/C=C/CC/C=C/CCCCCCCCCCCCCCC. The van der Waals surface area contributed by atoms with E-state index in [4.69, 9.17) is 0 Å². The molecule has 2 unspecified atom stereocenters. The molecule has 0 spiro atoms. The van der Waals surface area contributed by atoms with Gasteiger partial charge in [-0.1, -0.05) is 254 Å². The fourth-order valence-electron chi connectivity index (χ4n) is 7.72. The minimum absolute atomic E-state index is 0.0738. The van der Waals surface area contributed by atoms with Crippen molar-refractivity contribution in [2.24, 2.45) is 0 Å². The molecule has 0 aliphatic carbocycles. The molecule has 0 rings (SSSR count). The average Bonchev–Trinajstić information content (AvgIpc) is 3.25. The molecule has 2 atom stereocenters. The lowest BCUT2D eigenvalue weighted by molar-refractivity contribution is -0.123. The zero-order valence-electron chi connectivity index (χ0n) is 40.0. The Bertz CT molecular complexity index is 1040. The van der Waals surface area contributed by atoms with E-state index in [0.29, 0.717) is 6.42 Å². The summed E-state index contributed by atoms with van der Waals surface area (Å²) in [5.74, 6) is -0.0738. The Morgan fingerprint density at radius 2 is 0.750 bits per heavy atom. The molecular formula is C56H101NO3. The number of unbranched alkanes of at least 4 members (excludes halogenated alkanes) is 30. The molecule has 0 heterocycles. The van der Waals surface area contributed by atoms with Crippen molar-refractivity contribution in [1.82, 2.24) is 5.32 Å². The van der Waals surface area contributed by atoms with Gasteiger partial charge < -0.3 is 15.5 Å². The van der Waals surface area contributed by atoms with E-state index in [2.05, 4.69) is 79.9 Å². The van der Waals surface area contributed by atoms with Crippen LogP contribution in [0.1, 0.15) is 258 Å². The second-order valence-electron chi connectivity index (χ2n) is 17.6. The normalized spacial score (nSPS) is 13.5. The van der Waals surface area contributed by atoms with Crippen molar-refractivity contribution < 1.29 is 15.0 Å². The Labute approximate surface area is 374 Å². The van der Waals surface area contributed by atoms with Crippen LogP contribution in [0.15, 0.2) is 72.9 Å². The number of allylic oxidation sites excluding steroid dienone is 11. The highest BCUT2D eigenvalue weighted by Gasteiger charge is 2.17. The summed E-state index contributed by atoms with van der Waals surface area (Å²) in [4.78, 5) is 12.4. The number of rotatable bonds is 47. The van der Waals surface area contributed by atoms with Crippen LogP contribution in [0.5, 0.6) is 0 Å². The quantitative estimate of drug-likeness (QED) is 0.0422. The molecule has 0 fully saturated rings. The smallest absolute Gasteiger partial charge is 0.220 e. The number of carbonyl (C=O) groups is 1. The summed E-state index contributed by atoms with van der Waals surface area (Å²) in [6.45, 7) is 4.20. The number of nitrogens with one attached hydrogen (secondary N) is 1. The zero-order chi connectivity index (χ0) is 43.5. The molecule has 0 aromatic heterocycles. The lowest BCUT2D eigenvalue weighted by Gasteiger charge is -2.19. The number of aliphatic hydroxyl groups is 2. The number of aliphatic hydroxyl groups excluding tert-OH is 2. The van der Waals surface area contributed by atoms with Crippen LogP contribution in [-0.4, -0.2) is 34.9 Å². The van der Waals surface area contributed by atoms with Crippen LogP contribution >= 0.6 is 0 Å². The van der Waals surface area contributed by atoms with Gasteiger partial charge in [-0.05, 0) is 70.6 Å². The van der Waals surface area contributed by atoms with Gasteiger partial charge >= 0.3 is 0 Å². The second kappa shape index (κ2) is 51.2. The van der Waals surface area contributed by atoms with Crippen molar-refractivity contribution in [2.45, 2.75) is 270 Å². The van der Waals surface area contributed by atoms with Gasteiger partial charge in [0.05, 0.1) is 18.8 Å². The van der Waals surface area contributed by atoms with Crippen LogP contribution in [0.3, 0.4) is 0 Å². The van der Waals surface area contributed by atoms with Gasteiger partial charge in [0.15, 0.2) is 0 Å². The summed E-state index contributed by atoms with van der Waals surface area (Å²) in [6.07, 6.45) is 73.3. The molecule has 0 radical (unpaired) electrons. The molecule has 0 aromatic rings. The monoisotopic (exact) mass is 836 g/mol. The van der Waals surface area contributed by atoms with Crippen molar-refractivity contribution in [3.63, 3.8) is 0 Å². The predicted octanol–water partition coefficient (Wildman–Crippen LogP) is 17.0. The van der Waals surface area contributed by atoms with E-state index in [1.807, 2.05) is 6.08 Å². The van der Waals surface area contributed by atoms with Crippen LogP contribution in [0.2, 0.25) is 0 Å². The molecule has 0 aromatic carbocycles.